The third-order valence-electron chi connectivity index (χ3n) is 4.04. The topological polar surface area (TPSA) is 64.5 Å². The van der Waals surface area contributed by atoms with E-state index >= 15 is 0 Å². The van der Waals surface area contributed by atoms with Crippen LogP contribution in [0.25, 0.3) is 11.4 Å². The molecule has 1 amide bonds. The van der Waals surface area contributed by atoms with Crippen molar-refractivity contribution in [2.75, 3.05) is 33.4 Å². The molecular weight excluding hydrogens is 326 g/mol. The molecule has 0 saturated carbocycles. The molecule has 0 N–H and O–H groups in total. The van der Waals surface area contributed by atoms with Crippen molar-refractivity contribution in [2.24, 2.45) is 0 Å². The van der Waals surface area contributed by atoms with Crippen molar-refractivity contribution in [1.29, 1.82) is 0 Å². The van der Waals surface area contributed by atoms with Crippen molar-refractivity contribution in [1.82, 2.24) is 14.3 Å². The van der Waals surface area contributed by atoms with Crippen LogP contribution in [0.4, 0.5) is 0 Å². The second-order valence-corrected chi connectivity index (χ2v) is 6.68. The maximum atomic E-state index is 12.7. The Bertz CT molecular complexity index is 683. The fraction of sp³-hybridized carbons (Fsp3) is 0.471. The Hall–Kier alpha value is -1.83. The third-order valence-corrected chi connectivity index (χ3v) is 4.82. The predicted octanol–water partition coefficient (Wildman–Crippen LogP) is 2.47. The number of likely N-dealkylation sites (N-methyl/N-ethyl adjacent to an activating group) is 1. The molecule has 1 atom stereocenters. The lowest BCUT2D eigenvalue weighted by Gasteiger charge is -2.31. The van der Waals surface area contributed by atoms with E-state index < -0.39 is 5.60 Å². The predicted molar refractivity (Wildman–Crippen MR) is 92.1 cm³/mol. The second kappa shape index (κ2) is 7.38. The van der Waals surface area contributed by atoms with Crippen LogP contribution in [0, 0.1) is 0 Å². The quantitative estimate of drug-likeness (QED) is 0.803. The molecule has 0 spiro atoms. The molecule has 128 valence electrons. The number of ether oxygens (including phenoxy) is 2. The largest absolute Gasteiger partial charge is 0.378 e. The number of rotatable bonds is 6. The van der Waals surface area contributed by atoms with E-state index in [1.54, 1.807) is 24.2 Å². The van der Waals surface area contributed by atoms with Crippen molar-refractivity contribution < 1.29 is 14.3 Å². The molecule has 0 bridgehead atoms. The first kappa shape index (κ1) is 17.0. The van der Waals surface area contributed by atoms with Crippen molar-refractivity contribution in [3.8, 4) is 11.4 Å². The van der Waals surface area contributed by atoms with Gasteiger partial charge in [-0.05, 0) is 36.7 Å². The van der Waals surface area contributed by atoms with E-state index in [1.807, 2.05) is 25.1 Å². The minimum absolute atomic E-state index is 0.0549. The van der Waals surface area contributed by atoms with E-state index in [0.717, 1.165) is 17.8 Å². The first-order valence-electron chi connectivity index (χ1n) is 7.99. The molecule has 1 aliphatic heterocycles. The van der Waals surface area contributed by atoms with Gasteiger partial charge >= 0.3 is 0 Å². The van der Waals surface area contributed by atoms with Gasteiger partial charge in [-0.2, -0.15) is 4.37 Å². The van der Waals surface area contributed by atoms with Gasteiger partial charge in [0.25, 0.3) is 5.91 Å². The molecule has 2 aromatic rings. The van der Waals surface area contributed by atoms with Crippen LogP contribution >= 0.6 is 11.5 Å². The standard InChI is InChI=1S/C17H21N3O3S/c1-3-23-17(7-9-22-12-17)11-20(2)16(21)15-10-14(19-24-15)13-6-4-5-8-18-13/h4-6,8,10H,3,7,9,11-12H2,1-2H3. The normalized spacial score (nSPS) is 20.2. The van der Waals surface area contributed by atoms with Crippen molar-refractivity contribution >= 4 is 17.4 Å². The third kappa shape index (κ3) is 3.63. The first-order valence-corrected chi connectivity index (χ1v) is 8.76. The molecule has 1 aliphatic rings. The monoisotopic (exact) mass is 347 g/mol. The number of carbonyl (C=O) groups is 1. The Morgan fingerprint density at radius 3 is 3.00 bits per heavy atom. The molecule has 1 unspecified atom stereocenters. The van der Waals surface area contributed by atoms with Crippen molar-refractivity contribution in [3.63, 3.8) is 0 Å². The molecular formula is C17H21N3O3S. The van der Waals surface area contributed by atoms with E-state index in [9.17, 15) is 4.79 Å². The molecule has 3 rings (SSSR count). The molecule has 7 heteroatoms. The summed E-state index contributed by atoms with van der Waals surface area (Å²) in [7, 11) is 1.79. The average molecular weight is 347 g/mol. The number of nitrogens with zero attached hydrogens (tertiary/aromatic N) is 3. The summed E-state index contributed by atoms with van der Waals surface area (Å²) in [6, 6.07) is 7.44. The van der Waals surface area contributed by atoms with Crippen LogP contribution in [0.2, 0.25) is 0 Å². The van der Waals surface area contributed by atoms with Crippen LogP contribution in [-0.4, -0.2) is 59.2 Å². The minimum Gasteiger partial charge on any atom is -0.378 e. The number of hydrogen-bond acceptors (Lipinski definition) is 6. The molecule has 24 heavy (non-hydrogen) atoms. The van der Waals surface area contributed by atoms with Crippen LogP contribution < -0.4 is 0 Å². The molecule has 6 nitrogen and oxygen atoms in total. The van der Waals surface area contributed by atoms with Crippen LogP contribution in [0.5, 0.6) is 0 Å². The number of carbonyl (C=O) groups excluding carboxylic acids is 1. The van der Waals surface area contributed by atoms with Gasteiger partial charge in [-0.1, -0.05) is 6.07 Å². The van der Waals surface area contributed by atoms with Gasteiger partial charge in [-0.3, -0.25) is 9.78 Å². The highest BCUT2D eigenvalue weighted by Gasteiger charge is 2.38. The highest BCUT2D eigenvalue weighted by atomic mass is 32.1. The number of aromatic nitrogens is 2. The summed E-state index contributed by atoms with van der Waals surface area (Å²) in [5, 5.41) is 0. The van der Waals surface area contributed by atoms with Crippen molar-refractivity contribution in [2.45, 2.75) is 18.9 Å². The summed E-state index contributed by atoms with van der Waals surface area (Å²) in [5.41, 5.74) is 1.10. The van der Waals surface area contributed by atoms with Gasteiger partial charge in [0.1, 0.15) is 16.2 Å². The van der Waals surface area contributed by atoms with E-state index in [-0.39, 0.29) is 5.91 Å². The Kier molecular flexibility index (Phi) is 5.23. The van der Waals surface area contributed by atoms with Gasteiger partial charge in [-0.15, -0.1) is 0 Å². The summed E-state index contributed by atoms with van der Waals surface area (Å²) in [4.78, 5) is 19.3. The zero-order chi connectivity index (χ0) is 17.0. The number of hydrogen-bond donors (Lipinski definition) is 0. The van der Waals surface area contributed by atoms with E-state index in [4.69, 9.17) is 9.47 Å². The van der Waals surface area contributed by atoms with Gasteiger partial charge in [-0.25, -0.2) is 0 Å². The fourth-order valence-electron chi connectivity index (χ4n) is 2.88. The maximum Gasteiger partial charge on any atom is 0.265 e. The van der Waals surface area contributed by atoms with E-state index in [0.29, 0.717) is 31.2 Å². The highest BCUT2D eigenvalue weighted by molar-refractivity contribution is 7.08. The Morgan fingerprint density at radius 2 is 2.33 bits per heavy atom. The lowest BCUT2D eigenvalue weighted by Crippen LogP contribution is -2.46. The summed E-state index contributed by atoms with van der Waals surface area (Å²) in [5.74, 6) is -0.0549. The van der Waals surface area contributed by atoms with Crippen LogP contribution in [0.1, 0.15) is 23.0 Å². The number of pyridine rings is 1. The lowest BCUT2D eigenvalue weighted by atomic mass is 10.0. The summed E-state index contributed by atoms with van der Waals surface area (Å²) in [6.07, 6.45) is 2.52. The Labute approximate surface area is 145 Å². The van der Waals surface area contributed by atoms with Crippen LogP contribution in [0.15, 0.2) is 30.5 Å². The van der Waals surface area contributed by atoms with Crippen molar-refractivity contribution in [3.05, 3.63) is 35.3 Å². The number of amides is 1. The van der Waals surface area contributed by atoms with Gasteiger partial charge < -0.3 is 14.4 Å². The zero-order valence-electron chi connectivity index (χ0n) is 13.9. The molecule has 0 aromatic carbocycles. The Balaban J connectivity index is 1.71. The Morgan fingerprint density at radius 1 is 1.46 bits per heavy atom. The molecule has 2 aromatic heterocycles. The lowest BCUT2D eigenvalue weighted by molar-refractivity contribution is -0.0562. The van der Waals surface area contributed by atoms with E-state index in [1.165, 1.54) is 11.5 Å². The van der Waals surface area contributed by atoms with Gasteiger partial charge in [0, 0.05) is 32.9 Å². The summed E-state index contributed by atoms with van der Waals surface area (Å²) >= 11 is 1.20. The second-order valence-electron chi connectivity index (χ2n) is 5.87. The summed E-state index contributed by atoms with van der Waals surface area (Å²) in [6.45, 7) is 4.28. The smallest absolute Gasteiger partial charge is 0.265 e. The highest BCUT2D eigenvalue weighted by Crippen LogP contribution is 2.26. The van der Waals surface area contributed by atoms with Crippen LogP contribution in [-0.2, 0) is 9.47 Å². The summed E-state index contributed by atoms with van der Waals surface area (Å²) < 4.78 is 15.7. The van der Waals surface area contributed by atoms with Gasteiger partial charge in [0.2, 0.25) is 0 Å². The zero-order valence-corrected chi connectivity index (χ0v) is 14.7. The van der Waals surface area contributed by atoms with Gasteiger partial charge in [0.15, 0.2) is 0 Å². The maximum absolute atomic E-state index is 12.7. The first-order chi connectivity index (χ1) is 11.6. The fourth-order valence-corrected chi connectivity index (χ4v) is 3.62. The van der Waals surface area contributed by atoms with Crippen LogP contribution in [0.3, 0.4) is 0 Å². The average Bonchev–Trinajstić information content (AvgIpc) is 3.25. The molecule has 0 aliphatic carbocycles. The molecule has 3 heterocycles. The minimum atomic E-state index is -0.395. The molecule has 1 saturated heterocycles. The molecule has 1 fully saturated rings. The van der Waals surface area contributed by atoms with E-state index in [2.05, 4.69) is 9.36 Å². The molecule has 0 radical (unpaired) electrons. The SMILES string of the molecule is CCOC1(CN(C)C(=O)c2cc(-c3ccccn3)ns2)CCOC1. The van der Waals surface area contributed by atoms with Gasteiger partial charge in [0.05, 0.1) is 18.8 Å².